The topological polar surface area (TPSA) is 103 Å². The Morgan fingerprint density at radius 2 is 1.87 bits per heavy atom. The van der Waals surface area contributed by atoms with Gasteiger partial charge in [-0.25, -0.2) is 10.4 Å². The average molecular weight is 436 g/mol. The van der Waals surface area contributed by atoms with Crippen LogP contribution in [0.5, 0.6) is 0 Å². The van der Waals surface area contributed by atoms with E-state index < -0.39 is 28.8 Å². The molecule has 1 aromatic carbocycles. The maximum Gasteiger partial charge on any atom is 0.433 e. The Balaban J connectivity index is 1.75. The molecule has 0 radical (unpaired) electrons. The molecule has 2 amide bonds. The van der Waals surface area contributed by atoms with Crippen molar-refractivity contribution in [1.82, 2.24) is 14.9 Å². The first-order chi connectivity index (χ1) is 14.2. The van der Waals surface area contributed by atoms with E-state index in [0.29, 0.717) is 30.2 Å². The number of nitrogens with two attached hydrogens (primary N) is 1. The van der Waals surface area contributed by atoms with Crippen molar-refractivity contribution in [2.45, 2.75) is 19.0 Å². The van der Waals surface area contributed by atoms with E-state index in [2.05, 4.69) is 15.5 Å². The van der Waals surface area contributed by atoms with Crippen molar-refractivity contribution >= 4 is 23.4 Å². The molecule has 3 aromatic rings. The van der Waals surface area contributed by atoms with Gasteiger partial charge in [0.15, 0.2) is 5.69 Å². The number of halogens is 4. The van der Waals surface area contributed by atoms with Crippen LogP contribution in [0.25, 0.3) is 11.3 Å². The van der Waals surface area contributed by atoms with Gasteiger partial charge in [-0.15, -0.1) is 5.10 Å². The van der Waals surface area contributed by atoms with Gasteiger partial charge in [-0.2, -0.15) is 18.0 Å². The molecule has 0 atom stereocenters. The van der Waals surface area contributed by atoms with Gasteiger partial charge in [-0.1, -0.05) is 35.9 Å². The van der Waals surface area contributed by atoms with Crippen molar-refractivity contribution in [3.8, 4) is 11.3 Å². The molecule has 1 aliphatic rings. The zero-order chi connectivity index (χ0) is 21.6. The molecule has 30 heavy (non-hydrogen) atoms. The average Bonchev–Trinajstić information content (AvgIpc) is 3.06. The molecule has 2 aromatic heterocycles. The van der Waals surface area contributed by atoms with Crippen LogP contribution in [0.4, 0.5) is 13.2 Å². The van der Waals surface area contributed by atoms with Crippen LogP contribution in [0.2, 0.25) is 5.15 Å². The third kappa shape index (κ3) is 3.39. The number of aryl methyl sites for hydroxylation is 1. The lowest BCUT2D eigenvalue weighted by Gasteiger charge is -2.18. The number of rotatable bonds is 3. The van der Waals surface area contributed by atoms with Crippen LogP contribution in [0.3, 0.4) is 0 Å². The normalized spacial score (nSPS) is 12.8. The lowest BCUT2D eigenvalue weighted by atomic mass is 9.89. The molecule has 0 aliphatic heterocycles. The molecule has 7 nitrogen and oxygen atoms in total. The third-order valence-electron chi connectivity index (χ3n) is 4.72. The number of aromatic nitrogens is 3. The third-order valence-corrected chi connectivity index (χ3v) is 5.01. The van der Waals surface area contributed by atoms with Gasteiger partial charge in [0, 0.05) is 11.1 Å². The Morgan fingerprint density at radius 1 is 1.13 bits per heavy atom. The molecule has 1 aliphatic carbocycles. The summed E-state index contributed by atoms with van der Waals surface area (Å²) in [4.78, 5) is 28.9. The quantitative estimate of drug-likeness (QED) is 0.616. The summed E-state index contributed by atoms with van der Waals surface area (Å²) in [6.45, 7) is 0. The Kier molecular flexibility index (Phi) is 4.73. The van der Waals surface area contributed by atoms with Crippen LogP contribution in [-0.2, 0) is 19.0 Å². The van der Waals surface area contributed by atoms with Crippen molar-refractivity contribution in [3.05, 3.63) is 69.6 Å². The molecule has 2 heterocycles. The van der Waals surface area contributed by atoms with E-state index in [0.717, 1.165) is 22.0 Å². The molecule has 0 unspecified atom stereocenters. The van der Waals surface area contributed by atoms with Gasteiger partial charge >= 0.3 is 6.18 Å². The second kappa shape index (κ2) is 7.13. The van der Waals surface area contributed by atoms with E-state index in [4.69, 9.17) is 17.3 Å². The first kappa shape index (κ1) is 19.9. The van der Waals surface area contributed by atoms with Gasteiger partial charge in [-0.3, -0.25) is 9.59 Å². The fraction of sp³-hybridized carbons (Fsp3) is 0.158. The highest BCUT2D eigenvalue weighted by Crippen LogP contribution is 2.35. The number of benzene rings is 1. The van der Waals surface area contributed by atoms with Crippen LogP contribution in [0.1, 0.15) is 37.7 Å². The molecular formula is C19H13ClF3N5O2. The molecule has 0 saturated carbocycles. The number of nitrogens with zero attached hydrogens (tertiary/aromatic N) is 3. The van der Waals surface area contributed by atoms with Gasteiger partial charge in [-0.05, 0) is 30.5 Å². The number of carbonyl (C=O) groups excluding carboxylic acids is 2. The fourth-order valence-corrected chi connectivity index (χ4v) is 3.63. The van der Waals surface area contributed by atoms with Gasteiger partial charge in [0.1, 0.15) is 10.8 Å². The van der Waals surface area contributed by atoms with Crippen molar-refractivity contribution in [1.29, 1.82) is 0 Å². The van der Waals surface area contributed by atoms with E-state index in [1.807, 2.05) is 18.2 Å². The van der Waals surface area contributed by atoms with Crippen molar-refractivity contribution in [2.24, 2.45) is 5.73 Å². The van der Waals surface area contributed by atoms with Crippen molar-refractivity contribution < 1.29 is 22.8 Å². The lowest BCUT2D eigenvalue weighted by molar-refractivity contribution is -0.141. The molecule has 154 valence electrons. The highest BCUT2D eigenvalue weighted by atomic mass is 35.5. The minimum absolute atomic E-state index is 0.0106. The lowest BCUT2D eigenvalue weighted by Crippen LogP contribution is -2.26. The second-order valence-electron chi connectivity index (χ2n) is 6.58. The van der Waals surface area contributed by atoms with Crippen LogP contribution in [0.15, 0.2) is 36.4 Å². The maximum absolute atomic E-state index is 12.8. The molecule has 0 fully saturated rings. The summed E-state index contributed by atoms with van der Waals surface area (Å²) in [7, 11) is 0. The summed E-state index contributed by atoms with van der Waals surface area (Å²) in [5.41, 5.74) is 9.21. The standard InChI is InChI=1S/C19H13ClF3N5O2/c20-16-12(7-8-13(25-16)19(21,22)23)18(30)27-28-15-10-4-2-1-3-9(10)5-6-11(15)14(26-28)17(24)29/h1-4,7-8H,5-6H2,(H2,24,29)(H,27,30). The van der Waals surface area contributed by atoms with E-state index in [9.17, 15) is 22.8 Å². The first-order valence-corrected chi connectivity index (χ1v) is 9.09. The van der Waals surface area contributed by atoms with Gasteiger partial charge in [0.2, 0.25) is 0 Å². The molecule has 11 heteroatoms. The number of carbonyl (C=O) groups is 2. The van der Waals surface area contributed by atoms with Crippen molar-refractivity contribution in [3.63, 3.8) is 0 Å². The fourth-order valence-electron chi connectivity index (χ4n) is 3.39. The minimum Gasteiger partial charge on any atom is -0.364 e. The van der Waals surface area contributed by atoms with Gasteiger partial charge in [0.25, 0.3) is 11.8 Å². The summed E-state index contributed by atoms with van der Waals surface area (Å²) in [6, 6.07) is 8.97. The van der Waals surface area contributed by atoms with Crippen LogP contribution in [-0.4, -0.2) is 26.7 Å². The Morgan fingerprint density at radius 3 is 2.53 bits per heavy atom. The zero-order valence-corrected chi connectivity index (χ0v) is 15.9. The highest BCUT2D eigenvalue weighted by molar-refractivity contribution is 6.33. The Labute approximate surface area is 172 Å². The number of nitrogens with one attached hydrogen (secondary N) is 1. The monoisotopic (exact) mass is 435 g/mol. The Bertz CT molecular complexity index is 1190. The summed E-state index contributed by atoms with van der Waals surface area (Å²) >= 11 is 5.80. The summed E-state index contributed by atoms with van der Waals surface area (Å²) in [5.74, 6) is -1.60. The van der Waals surface area contributed by atoms with E-state index >= 15 is 0 Å². The van der Waals surface area contributed by atoms with E-state index in [1.54, 1.807) is 6.07 Å². The number of hydrogen-bond donors (Lipinski definition) is 2. The second-order valence-corrected chi connectivity index (χ2v) is 6.94. The summed E-state index contributed by atoms with van der Waals surface area (Å²) in [6.07, 6.45) is -3.54. The van der Waals surface area contributed by atoms with Crippen molar-refractivity contribution in [2.75, 3.05) is 5.43 Å². The van der Waals surface area contributed by atoms with Crippen LogP contribution < -0.4 is 11.2 Å². The maximum atomic E-state index is 12.8. The number of primary amides is 1. The largest absolute Gasteiger partial charge is 0.433 e. The molecule has 3 N–H and O–H groups in total. The number of pyridine rings is 1. The van der Waals surface area contributed by atoms with E-state index in [1.165, 1.54) is 0 Å². The summed E-state index contributed by atoms with van der Waals surface area (Å²) < 4.78 is 38.3. The number of amides is 2. The summed E-state index contributed by atoms with van der Waals surface area (Å²) in [5, 5.41) is 3.50. The number of hydrogen-bond acceptors (Lipinski definition) is 4. The van der Waals surface area contributed by atoms with E-state index in [-0.39, 0.29) is 11.3 Å². The molecular weight excluding hydrogens is 423 g/mol. The smallest absolute Gasteiger partial charge is 0.364 e. The molecule has 0 saturated heterocycles. The van der Waals surface area contributed by atoms with Gasteiger partial charge < -0.3 is 5.73 Å². The number of fused-ring (bicyclic) bond motifs is 3. The van der Waals surface area contributed by atoms with Gasteiger partial charge in [0.05, 0.1) is 11.3 Å². The predicted octanol–water partition coefficient (Wildman–Crippen LogP) is 3.20. The Hall–Kier alpha value is -3.40. The van der Waals surface area contributed by atoms with Crippen LogP contribution >= 0.6 is 11.6 Å². The molecule has 4 rings (SSSR count). The minimum atomic E-state index is -4.69. The van der Waals surface area contributed by atoms with Crippen LogP contribution in [0, 0.1) is 0 Å². The predicted molar refractivity (Wildman–Crippen MR) is 102 cm³/mol. The molecule has 0 bridgehead atoms. The highest BCUT2D eigenvalue weighted by Gasteiger charge is 2.34. The number of alkyl halides is 3. The first-order valence-electron chi connectivity index (χ1n) is 8.72. The molecule has 0 spiro atoms. The SMILES string of the molecule is NC(=O)c1nn(NC(=O)c2ccc(C(F)(F)F)nc2Cl)c2c1CCc1ccccc1-2. The zero-order valence-electron chi connectivity index (χ0n) is 15.1.